The molecule has 0 amide bonds. The number of nitrogens with zero attached hydrogens (tertiary/aromatic N) is 1. The SMILES string of the molecule is O=C1OC(c2ccccc2F)=N/C1=C\c1ccc(Br)o1. The summed E-state index contributed by atoms with van der Waals surface area (Å²) in [7, 11) is 0. The van der Waals surface area contributed by atoms with Gasteiger partial charge in [-0.3, -0.25) is 0 Å². The summed E-state index contributed by atoms with van der Waals surface area (Å²) in [4.78, 5) is 15.7. The topological polar surface area (TPSA) is 51.8 Å². The molecule has 2 aromatic rings. The summed E-state index contributed by atoms with van der Waals surface area (Å²) in [6.45, 7) is 0. The first-order valence-corrected chi connectivity index (χ1v) is 6.45. The molecule has 0 saturated carbocycles. The van der Waals surface area contributed by atoms with Gasteiger partial charge in [0, 0.05) is 6.08 Å². The zero-order valence-electron chi connectivity index (χ0n) is 9.97. The highest BCUT2D eigenvalue weighted by atomic mass is 79.9. The van der Waals surface area contributed by atoms with Gasteiger partial charge in [0.25, 0.3) is 0 Å². The zero-order valence-corrected chi connectivity index (χ0v) is 11.6. The average molecular weight is 336 g/mol. The molecule has 0 aliphatic carbocycles. The van der Waals surface area contributed by atoms with Crippen molar-refractivity contribution in [1.82, 2.24) is 0 Å². The summed E-state index contributed by atoms with van der Waals surface area (Å²) in [5, 5.41) is 0. The Morgan fingerprint density at radius 3 is 2.70 bits per heavy atom. The number of esters is 1. The normalized spacial score (nSPS) is 16.4. The van der Waals surface area contributed by atoms with Gasteiger partial charge in [0.2, 0.25) is 5.90 Å². The minimum Gasteiger partial charge on any atom is -0.450 e. The lowest BCUT2D eigenvalue weighted by molar-refractivity contribution is -0.129. The van der Waals surface area contributed by atoms with E-state index in [0.717, 1.165) is 0 Å². The highest BCUT2D eigenvalue weighted by molar-refractivity contribution is 9.10. The monoisotopic (exact) mass is 335 g/mol. The number of rotatable bonds is 2. The number of carbonyl (C=O) groups excluding carboxylic acids is 1. The second-order valence-electron chi connectivity index (χ2n) is 3.96. The molecule has 1 aliphatic heterocycles. The maximum Gasteiger partial charge on any atom is 0.363 e. The molecule has 20 heavy (non-hydrogen) atoms. The number of hydrogen-bond donors (Lipinski definition) is 0. The van der Waals surface area contributed by atoms with Crippen LogP contribution in [0.2, 0.25) is 0 Å². The molecule has 1 aromatic heterocycles. The van der Waals surface area contributed by atoms with E-state index in [-0.39, 0.29) is 17.2 Å². The van der Waals surface area contributed by atoms with Crippen molar-refractivity contribution in [3.05, 3.63) is 63.9 Å². The predicted molar refractivity (Wildman–Crippen MR) is 73.4 cm³/mol. The molecule has 2 heterocycles. The van der Waals surface area contributed by atoms with Crippen molar-refractivity contribution in [3.63, 3.8) is 0 Å². The summed E-state index contributed by atoms with van der Waals surface area (Å²) in [5.41, 5.74) is 0.204. The van der Waals surface area contributed by atoms with Crippen molar-refractivity contribution >= 4 is 33.9 Å². The van der Waals surface area contributed by atoms with Crippen LogP contribution in [0.5, 0.6) is 0 Å². The summed E-state index contributed by atoms with van der Waals surface area (Å²) in [6.07, 6.45) is 1.43. The fourth-order valence-electron chi connectivity index (χ4n) is 1.70. The molecule has 0 saturated heterocycles. The Hall–Kier alpha value is -2.21. The van der Waals surface area contributed by atoms with E-state index in [9.17, 15) is 9.18 Å². The third-order valence-corrected chi connectivity index (χ3v) is 3.02. The van der Waals surface area contributed by atoms with Crippen LogP contribution in [0.25, 0.3) is 6.08 Å². The first kappa shape index (κ1) is 12.8. The largest absolute Gasteiger partial charge is 0.450 e. The van der Waals surface area contributed by atoms with Crippen molar-refractivity contribution in [3.8, 4) is 0 Å². The van der Waals surface area contributed by atoms with Gasteiger partial charge in [0.15, 0.2) is 10.4 Å². The Morgan fingerprint density at radius 1 is 1.20 bits per heavy atom. The molecule has 0 spiro atoms. The van der Waals surface area contributed by atoms with E-state index in [1.165, 1.54) is 18.2 Å². The van der Waals surface area contributed by atoms with E-state index in [0.29, 0.717) is 10.4 Å². The second kappa shape index (κ2) is 5.05. The highest BCUT2D eigenvalue weighted by Gasteiger charge is 2.26. The van der Waals surface area contributed by atoms with Crippen LogP contribution in [-0.4, -0.2) is 11.9 Å². The summed E-state index contributed by atoms with van der Waals surface area (Å²) in [6, 6.07) is 9.31. The van der Waals surface area contributed by atoms with E-state index in [2.05, 4.69) is 20.9 Å². The first-order valence-electron chi connectivity index (χ1n) is 5.66. The number of furan rings is 1. The quantitative estimate of drug-likeness (QED) is 0.623. The fourth-order valence-corrected chi connectivity index (χ4v) is 2.02. The molecule has 6 heteroatoms. The molecule has 0 N–H and O–H groups in total. The van der Waals surface area contributed by atoms with E-state index < -0.39 is 11.8 Å². The molecule has 1 aliphatic rings. The number of aliphatic imine (C=N–C) groups is 1. The smallest absolute Gasteiger partial charge is 0.363 e. The molecule has 4 nitrogen and oxygen atoms in total. The van der Waals surface area contributed by atoms with Crippen LogP contribution in [-0.2, 0) is 9.53 Å². The van der Waals surface area contributed by atoms with Gasteiger partial charge in [-0.1, -0.05) is 12.1 Å². The Morgan fingerprint density at radius 2 is 2.00 bits per heavy atom. The van der Waals surface area contributed by atoms with Gasteiger partial charge in [-0.05, 0) is 40.2 Å². The Kier molecular flexibility index (Phi) is 3.23. The lowest BCUT2D eigenvalue weighted by atomic mass is 10.2. The van der Waals surface area contributed by atoms with Crippen LogP contribution < -0.4 is 0 Å². The fraction of sp³-hybridized carbons (Fsp3) is 0. The second-order valence-corrected chi connectivity index (χ2v) is 4.74. The van der Waals surface area contributed by atoms with Gasteiger partial charge in [0.1, 0.15) is 11.6 Å². The Balaban J connectivity index is 1.97. The van der Waals surface area contributed by atoms with Gasteiger partial charge in [-0.15, -0.1) is 0 Å². The molecule has 0 bridgehead atoms. The molecule has 100 valence electrons. The van der Waals surface area contributed by atoms with Crippen molar-refractivity contribution in [2.24, 2.45) is 4.99 Å². The van der Waals surface area contributed by atoms with Gasteiger partial charge in [-0.2, -0.15) is 0 Å². The Bertz CT molecular complexity index is 748. The van der Waals surface area contributed by atoms with Gasteiger partial charge < -0.3 is 9.15 Å². The lowest BCUT2D eigenvalue weighted by Gasteiger charge is -1.99. The summed E-state index contributed by atoms with van der Waals surface area (Å²) < 4.78 is 24.4. The lowest BCUT2D eigenvalue weighted by Crippen LogP contribution is -2.07. The van der Waals surface area contributed by atoms with Gasteiger partial charge >= 0.3 is 5.97 Å². The third kappa shape index (κ3) is 2.42. The van der Waals surface area contributed by atoms with Crippen LogP contribution in [0.15, 0.2) is 56.2 Å². The van der Waals surface area contributed by atoms with Crippen molar-refractivity contribution in [1.29, 1.82) is 0 Å². The maximum absolute atomic E-state index is 13.6. The third-order valence-electron chi connectivity index (χ3n) is 2.60. The van der Waals surface area contributed by atoms with E-state index in [1.807, 2.05) is 0 Å². The maximum atomic E-state index is 13.6. The van der Waals surface area contributed by atoms with Crippen LogP contribution in [0.1, 0.15) is 11.3 Å². The van der Waals surface area contributed by atoms with E-state index in [1.54, 1.807) is 24.3 Å². The number of hydrogen-bond acceptors (Lipinski definition) is 4. The number of halogens is 2. The molecular weight excluding hydrogens is 329 g/mol. The van der Waals surface area contributed by atoms with Gasteiger partial charge in [0.05, 0.1) is 5.56 Å². The molecule has 0 unspecified atom stereocenters. The number of carbonyl (C=O) groups is 1. The predicted octanol–water partition coefficient (Wildman–Crippen LogP) is 3.53. The van der Waals surface area contributed by atoms with Gasteiger partial charge in [-0.25, -0.2) is 14.2 Å². The summed E-state index contributed by atoms with van der Waals surface area (Å²) >= 11 is 3.16. The minimum absolute atomic E-state index is 0.0510. The highest BCUT2D eigenvalue weighted by Crippen LogP contribution is 2.22. The summed E-state index contributed by atoms with van der Waals surface area (Å²) in [5.74, 6) is -0.746. The van der Waals surface area contributed by atoms with Crippen molar-refractivity contribution in [2.75, 3.05) is 0 Å². The average Bonchev–Trinajstić information content (AvgIpc) is 2.98. The number of cyclic esters (lactones) is 1. The molecule has 0 radical (unpaired) electrons. The van der Waals surface area contributed by atoms with E-state index in [4.69, 9.17) is 9.15 Å². The molecule has 0 fully saturated rings. The first-order chi connectivity index (χ1) is 9.63. The molecule has 3 rings (SSSR count). The van der Waals surface area contributed by atoms with E-state index >= 15 is 0 Å². The number of benzene rings is 1. The van der Waals surface area contributed by atoms with Crippen LogP contribution in [0.3, 0.4) is 0 Å². The van der Waals surface area contributed by atoms with Crippen LogP contribution in [0, 0.1) is 5.82 Å². The van der Waals surface area contributed by atoms with Crippen molar-refractivity contribution < 1.29 is 18.3 Å². The zero-order chi connectivity index (χ0) is 14.1. The van der Waals surface area contributed by atoms with Crippen LogP contribution >= 0.6 is 15.9 Å². The van der Waals surface area contributed by atoms with Crippen LogP contribution in [0.4, 0.5) is 4.39 Å². The number of ether oxygens (including phenoxy) is 1. The standard InChI is InChI=1S/C14H7BrFNO3/c15-12-6-5-8(19-12)7-11-14(18)20-13(17-11)9-3-1-2-4-10(9)16/h1-7H/b11-7-. The molecule has 0 atom stereocenters. The molecule has 1 aromatic carbocycles. The van der Waals surface area contributed by atoms with Crippen molar-refractivity contribution in [2.45, 2.75) is 0 Å². The Labute approximate surface area is 121 Å². The molecular formula is C14H7BrFNO3. The minimum atomic E-state index is -0.643.